The van der Waals surface area contributed by atoms with Crippen molar-refractivity contribution in [1.29, 1.82) is 0 Å². The third kappa shape index (κ3) is 1.73. The molecule has 0 aliphatic heterocycles. The van der Waals surface area contributed by atoms with Crippen LogP contribution in [0.2, 0.25) is 0 Å². The molecule has 6 nitrogen and oxygen atoms in total. The zero-order valence-corrected chi connectivity index (χ0v) is 7.12. The van der Waals surface area contributed by atoms with Crippen molar-refractivity contribution in [2.45, 2.75) is 0 Å². The van der Waals surface area contributed by atoms with E-state index < -0.39 is 34.7 Å². The predicted molar refractivity (Wildman–Crippen MR) is 41.5 cm³/mol. The van der Waals surface area contributed by atoms with Gasteiger partial charge in [0, 0.05) is 4.91 Å². The normalized spacial score (nSPS) is 9.50. The lowest BCUT2D eigenvalue weighted by atomic mass is 10.2. The molecule has 1 rings (SSSR count). The first-order valence-electron chi connectivity index (χ1n) is 3.45. The number of azide groups is 1. The largest absolute Gasteiger partial charge is 0.317 e. The SMILES string of the molecule is [N-]=[N+]=Nc1c(F)c(F)c(ON=O)c(F)c1F. The number of nitrogens with zero attached hydrogens (tertiary/aromatic N) is 4. The maximum atomic E-state index is 12.9. The molecule has 0 atom stereocenters. The summed E-state index contributed by atoms with van der Waals surface area (Å²) in [5.74, 6) is -9.69. The molecule has 0 saturated heterocycles. The second-order valence-corrected chi connectivity index (χ2v) is 2.29. The van der Waals surface area contributed by atoms with Crippen molar-refractivity contribution in [1.82, 2.24) is 0 Å². The molecule has 0 N–H and O–H groups in total. The van der Waals surface area contributed by atoms with Crippen LogP contribution in [-0.2, 0) is 0 Å². The molecule has 0 amide bonds. The summed E-state index contributed by atoms with van der Waals surface area (Å²) in [4.78, 5) is 15.0. The van der Waals surface area contributed by atoms with Gasteiger partial charge in [-0.1, -0.05) is 5.11 Å². The van der Waals surface area contributed by atoms with Crippen LogP contribution in [-0.4, -0.2) is 0 Å². The summed E-state index contributed by atoms with van der Waals surface area (Å²) in [5, 5.41) is 4.03. The van der Waals surface area contributed by atoms with Crippen molar-refractivity contribution < 1.29 is 22.4 Å². The van der Waals surface area contributed by atoms with E-state index in [0.717, 1.165) is 0 Å². The van der Waals surface area contributed by atoms with Crippen LogP contribution in [0.1, 0.15) is 0 Å². The zero-order chi connectivity index (χ0) is 12.3. The Morgan fingerprint density at radius 1 is 1.06 bits per heavy atom. The Morgan fingerprint density at radius 3 is 1.94 bits per heavy atom. The van der Waals surface area contributed by atoms with Crippen molar-refractivity contribution in [3.05, 3.63) is 38.6 Å². The Balaban J connectivity index is 3.61. The predicted octanol–water partition coefficient (Wildman–Crippen LogP) is 3.25. The summed E-state index contributed by atoms with van der Waals surface area (Å²) < 4.78 is 51.7. The minimum Gasteiger partial charge on any atom is -0.317 e. The Kier molecular flexibility index (Phi) is 3.26. The Hall–Kier alpha value is -2.35. The molecule has 0 aliphatic carbocycles. The number of halogens is 4. The number of benzene rings is 1. The topological polar surface area (TPSA) is 87.4 Å². The van der Waals surface area contributed by atoms with Crippen molar-refractivity contribution in [2.24, 2.45) is 10.5 Å². The summed E-state index contributed by atoms with van der Waals surface area (Å²) in [6.07, 6.45) is 0. The first-order chi connectivity index (χ1) is 7.54. The highest BCUT2D eigenvalue weighted by Gasteiger charge is 2.26. The van der Waals surface area contributed by atoms with Crippen LogP contribution < -0.4 is 4.84 Å². The summed E-state index contributed by atoms with van der Waals surface area (Å²) in [6.45, 7) is 0. The van der Waals surface area contributed by atoms with E-state index in [0.29, 0.717) is 0 Å². The average Bonchev–Trinajstić information content (AvgIpc) is 2.28. The van der Waals surface area contributed by atoms with Gasteiger partial charge < -0.3 is 4.84 Å². The molecule has 16 heavy (non-hydrogen) atoms. The fourth-order valence-corrected chi connectivity index (χ4v) is 0.850. The first kappa shape index (κ1) is 11.7. The number of rotatable bonds is 3. The molecule has 0 fully saturated rings. The van der Waals surface area contributed by atoms with Gasteiger partial charge in [-0.15, -0.1) is 4.91 Å². The molecule has 0 spiro atoms. The highest BCUT2D eigenvalue weighted by atomic mass is 19.2. The number of hydrogen-bond donors (Lipinski definition) is 0. The molecule has 10 heteroatoms. The van der Waals surface area contributed by atoms with E-state index in [2.05, 4.69) is 9.95 Å². The van der Waals surface area contributed by atoms with Gasteiger partial charge in [0.1, 0.15) is 5.69 Å². The smallest absolute Gasteiger partial charge is 0.238 e. The molecule has 0 aromatic heterocycles. The van der Waals surface area contributed by atoms with Crippen LogP contribution in [0.5, 0.6) is 5.75 Å². The van der Waals surface area contributed by atoms with Gasteiger partial charge in [0.05, 0.1) is 0 Å². The van der Waals surface area contributed by atoms with Crippen LogP contribution >= 0.6 is 0 Å². The molecule has 0 radical (unpaired) electrons. The summed E-state index contributed by atoms with van der Waals surface area (Å²) in [5.41, 5.74) is 6.40. The van der Waals surface area contributed by atoms with E-state index in [1.165, 1.54) is 0 Å². The zero-order valence-electron chi connectivity index (χ0n) is 7.12. The molecular formula is C6F4N4O2. The van der Waals surface area contributed by atoms with Crippen LogP contribution in [0.15, 0.2) is 10.5 Å². The second-order valence-electron chi connectivity index (χ2n) is 2.29. The highest BCUT2D eigenvalue weighted by Crippen LogP contribution is 2.34. The summed E-state index contributed by atoms with van der Waals surface area (Å²) >= 11 is 0. The molecule has 0 heterocycles. The Labute approximate surface area is 84.0 Å². The van der Waals surface area contributed by atoms with Gasteiger partial charge in [-0.2, -0.15) is 8.78 Å². The van der Waals surface area contributed by atoms with Crippen molar-refractivity contribution in [3.8, 4) is 5.75 Å². The lowest BCUT2D eigenvalue weighted by Crippen LogP contribution is -1.99. The van der Waals surface area contributed by atoms with E-state index in [4.69, 9.17) is 5.53 Å². The lowest BCUT2D eigenvalue weighted by Gasteiger charge is -2.04. The Morgan fingerprint density at radius 2 is 1.56 bits per heavy atom. The van der Waals surface area contributed by atoms with E-state index in [1.807, 2.05) is 4.91 Å². The molecule has 0 saturated carbocycles. The van der Waals surface area contributed by atoms with Gasteiger partial charge >= 0.3 is 0 Å². The number of hydrogen-bond acceptors (Lipinski definition) is 4. The van der Waals surface area contributed by atoms with E-state index in [-0.39, 0.29) is 0 Å². The first-order valence-corrected chi connectivity index (χ1v) is 3.45. The van der Waals surface area contributed by atoms with E-state index in [9.17, 15) is 22.5 Å². The maximum absolute atomic E-state index is 12.9. The van der Waals surface area contributed by atoms with Gasteiger partial charge in [0.15, 0.2) is 17.0 Å². The lowest BCUT2D eigenvalue weighted by molar-refractivity contribution is 0.282. The molecule has 0 aliphatic rings. The molecular weight excluding hydrogens is 236 g/mol. The van der Waals surface area contributed by atoms with E-state index >= 15 is 0 Å². The minimum atomic E-state index is -2.03. The van der Waals surface area contributed by atoms with Gasteiger partial charge in [-0.25, -0.2) is 8.78 Å². The quantitative estimate of drug-likeness (QED) is 0.153. The van der Waals surface area contributed by atoms with Gasteiger partial charge in [0.25, 0.3) is 0 Å². The van der Waals surface area contributed by atoms with Crippen LogP contribution in [0, 0.1) is 28.2 Å². The van der Waals surface area contributed by atoms with Gasteiger partial charge in [-0.05, 0) is 5.53 Å². The molecule has 0 bridgehead atoms. The van der Waals surface area contributed by atoms with Gasteiger partial charge in [-0.3, -0.25) is 0 Å². The maximum Gasteiger partial charge on any atom is 0.238 e. The third-order valence-electron chi connectivity index (χ3n) is 1.47. The summed E-state index contributed by atoms with van der Waals surface area (Å²) in [7, 11) is 0. The third-order valence-corrected chi connectivity index (χ3v) is 1.47. The molecule has 1 aromatic carbocycles. The molecule has 1 aromatic rings. The van der Waals surface area contributed by atoms with Crippen molar-refractivity contribution in [3.63, 3.8) is 0 Å². The van der Waals surface area contributed by atoms with E-state index in [1.54, 1.807) is 5.34 Å². The van der Waals surface area contributed by atoms with Gasteiger partial charge in [0.2, 0.25) is 17.4 Å². The highest BCUT2D eigenvalue weighted by molar-refractivity contribution is 5.46. The fraction of sp³-hybridized carbons (Fsp3) is 0. The average molecular weight is 236 g/mol. The van der Waals surface area contributed by atoms with Crippen LogP contribution in [0.3, 0.4) is 0 Å². The minimum absolute atomic E-state index is 1.50. The monoisotopic (exact) mass is 236 g/mol. The van der Waals surface area contributed by atoms with Crippen molar-refractivity contribution >= 4 is 5.69 Å². The fourth-order valence-electron chi connectivity index (χ4n) is 0.850. The summed E-state index contributed by atoms with van der Waals surface area (Å²) in [6, 6.07) is 0. The van der Waals surface area contributed by atoms with Crippen LogP contribution in [0.25, 0.3) is 10.4 Å². The van der Waals surface area contributed by atoms with Crippen LogP contribution in [0.4, 0.5) is 23.2 Å². The Bertz CT molecular complexity index is 471. The molecule has 84 valence electrons. The molecule has 0 unspecified atom stereocenters. The second kappa shape index (κ2) is 4.45. The standard InChI is InChI=1S/C6F4N4O2/c7-1-3(9)6(16-14-15)4(10)2(8)5(1)12-13-11. The van der Waals surface area contributed by atoms with Crippen molar-refractivity contribution in [2.75, 3.05) is 0 Å².